The number of fused-ring (bicyclic) bond motifs is 1. The summed E-state index contributed by atoms with van der Waals surface area (Å²) >= 11 is 0. The van der Waals surface area contributed by atoms with Crippen LogP contribution in [0.2, 0.25) is 0 Å². The van der Waals surface area contributed by atoms with E-state index in [1.54, 1.807) is 36.4 Å². The van der Waals surface area contributed by atoms with Crippen molar-refractivity contribution in [1.29, 1.82) is 0 Å². The Morgan fingerprint density at radius 2 is 1.96 bits per heavy atom. The highest BCUT2D eigenvalue weighted by molar-refractivity contribution is 6.05. The first-order valence-electron chi connectivity index (χ1n) is 8.86. The molecule has 28 heavy (non-hydrogen) atoms. The van der Waals surface area contributed by atoms with E-state index < -0.39 is 17.7 Å². The van der Waals surface area contributed by atoms with Gasteiger partial charge in [-0.3, -0.25) is 4.79 Å². The Morgan fingerprint density at radius 1 is 1.14 bits per heavy atom. The fourth-order valence-electron chi connectivity index (χ4n) is 3.68. The van der Waals surface area contributed by atoms with Crippen LogP contribution in [0.5, 0.6) is 0 Å². The number of rotatable bonds is 3. The molecule has 4 nitrogen and oxygen atoms in total. The van der Waals surface area contributed by atoms with E-state index in [4.69, 9.17) is 0 Å². The number of benzene rings is 2. The minimum absolute atomic E-state index is 0.341. The number of halogens is 3. The van der Waals surface area contributed by atoms with Gasteiger partial charge >= 0.3 is 0 Å². The molecule has 1 fully saturated rings. The number of aryl methyl sites for hydroxylation is 1. The monoisotopic (exact) mass is 385 g/mol. The molecule has 2 N–H and O–H groups in total. The normalized spacial score (nSPS) is 20.7. The first kappa shape index (κ1) is 18.3. The third-order valence-electron chi connectivity index (χ3n) is 5.06. The minimum atomic E-state index is -0.646. The maximum absolute atomic E-state index is 14.4. The Bertz CT molecular complexity index is 1000. The quantitative estimate of drug-likeness (QED) is 0.845. The van der Waals surface area contributed by atoms with Crippen LogP contribution >= 0.6 is 0 Å². The van der Waals surface area contributed by atoms with Crippen LogP contribution in [0.1, 0.15) is 17.0 Å². The van der Waals surface area contributed by atoms with Gasteiger partial charge < -0.3 is 10.3 Å². The zero-order chi connectivity index (χ0) is 19.8. The van der Waals surface area contributed by atoms with Crippen molar-refractivity contribution in [3.05, 3.63) is 88.9 Å². The van der Waals surface area contributed by atoms with Gasteiger partial charge in [0, 0.05) is 36.0 Å². The van der Waals surface area contributed by atoms with Crippen LogP contribution in [0.15, 0.2) is 60.3 Å². The van der Waals surface area contributed by atoms with E-state index in [1.807, 2.05) is 0 Å². The van der Waals surface area contributed by atoms with Gasteiger partial charge in [-0.1, -0.05) is 6.07 Å². The number of hydrazine groups is 1. The van der Waals surface area contributed by atoms with Crippen molar-refractivity contribution in [2.75, 3.05) is 11.9 Å². The molecule has 0 spiro atoms. The van der Waals surface area contributed by atoms with Crippen molar-refractivity contribution in [3.8, 4) is 0 Å². The molecule has 7 heteroatoms. The second-order valence-corrected chi connectivity index (χ2v) is 6.87. The number of nitrogens with one attached hydrogen (secondary N) is 2. The first-order valence-corrected chi connectivity index (χ1v) is 8.86. The van der Waals surface area contributed by atoms with Gasteiger partial charge in [-0.25, -0.2) is 18.6 Å². The molecule has 0 aromatic heterocycles. The molecule has 2 aromatic rings. The van der Waals surface area contributed by atoms with E-state index in [0.717, 1.165) is 6.07 Å². The molecule has 4 rings (SSSR count). The Morgan fingerprint density at radius 3 is 2.71 bits per heavy atom. The van der Waals surface area contributed by atoms with Gasteiger partial charge in [-0.05, 0) is 54.5 Å². The molecule has 0 saturated carbocycles. The minimum Gasteiger partial charge on any atom is -0.322 e. The topological polar surface area (TPSA) is 44.4 Å². The molecule has 1 saturated heterocycles. The van der Waals surface area contributed by atoms with Gasteiger partial charge in [-0.2, -0.15) is 0 Å². The summed E-state index contributed by atoms with van der Waals surface area (Å²) in [7, 11) is 0. The number of carbonyl (C=O) groups excluding carboxylic acids is 1. The number of hydrogen-bond acceptors (Lipinski definition) is 3. The SMILES string of the molecule is Cc1cc(NC(=O)C2=CC=CN3NCC(c4ccc(F)cc4F)C23)ccc1F. The van der Waals surface area contributed by atoms with Crippen LogP contribution in [0, 0.1) is 24.4 Å². The predicted molar refractivity (Wildman–Crippen MR) is 99.7 cm³/mol. The maximum Gasteiger partial charge on any atom is 0.253 e. The summed E-state index contributed by atoms with van der Waals surface area (Å²) in [6.07, 6.45) is 5.16. The third kappa shape index (κ3) is 3.29. The number of nitrogens with zero attached hydrogens (tertiary/aromatic N) is 1. The highest BCUT2D eigenvalue weighted by Crippen LogP contribution is 2.35. The van der Waals surface area contributed by atoms with E-state index in [-0.39, 0.29) is 17.6 Å². The molecule has 1 amide bonds. The molecular formula is C21H18F3N3O. The fourth-order valence-corrected chi connectivity index (χ4v) is 3.68. The summed E-state index contributed by atoms with van der Waals surface area (Å²) in [5.74, 6) is -2.38. The molecule has 2 unspecified atom stereocenters. The molecule has 2 heterocycles. The highest BCUT2D eigenvalue weighted by atomic mass is 19.1. The van der Waals surface area contributed by atoms with Gasteiger partial charge in [0.1, 0.15) is 17.5 Å². The molecule has 2 aliphatic rings. The number of anilines is 1. The lowest BCUT2D eigenvalue weighted by atomic mass is 9.86. The third-order valence-corrected chi connectivity index (χ3v) is 5.06. The maximum atomic E-state index is 14.4. The second-order valence-electron chi connectivity index (χ2n) is 6.87. The van der Waals surface area contributed by atoms with Gasteiger partial charge in [0.25, 0.3) is 5.91 Å². The molecule has 2 aliphatic heterocycles. The van der Waals surface area contributed by atoms with Crippen molar-refractivity contribution in [2.45, 2.75) is 18.9 Å². The molecule has 0 aliphatic carbocycles. The first-order chi connectivity index (χ1) is 13.4. The Hall–Kier alpha value is -3.06. The lowest BCUT2D eigenvalue weighted by molar-refractivity contribution is -0.113. The van der Waals surface area contributed by atoms with E-state index in [2.05, 4.69) is 10.7 Å². The largest absolute Gasteiger partial charge is 0.322 e. The lowest BCUT2D eigenvalue weighted by Crippen LogP contribution is -2.39. The molecule has 2 aromatic carbocycles. The summed E-state index contributed by atoms with van der Waals surface area (Å²) in [5.41, 5.74) is 4.80. The number of amides is 1. The zero-order valence-electron chi connectivity index (χ0n) is 15.0. The van der Waals surface area contributed by atoms with Crippen LogP contribution in [0.4, 0.5) is 18.9 Å². The van der Waals surface area contributed by atoms with E-state index in [0.29, 0.717) is 28.9 Å². The highest BCUT2D eigenvalue weighted by Gasteiger charge is 2.40. The van der Waals surface area contributed by atoms with Crippen molar-refractivity contribution in [1.82, 2.24) is 10.4 Å². The van der Waals surface area contributed by atoms with Gasteiger partial charge in [-0.15, -0.1) is 0 Å². The summed E-state index contributed by atoms with van der Waals surface area (Å²) in [4.78, 5) is 12.9. The average molecular weight is 385 g/mol. The van der Waals surface area contributed by atoms with Gasteiger partial charge in [0.15, 0.2) is 0 Å². The molecule has 0 bridgehead atoms. The molecular weight excluding hydrogens is 367 g/mol. The van der Waals surface area contributed by atoms with Gasteiger partial charge in [0.2, 0.25) is 0 Å². The standard InChI is InChI=1S/C21H18F3N3O/c1-12-9-14(5-7-18(12)23)26-21(28)16-3-2-8-27-20(16)17(11-25-27)15-6-4-13(22)10-19(15)24/h2-10,17,20,25H,11H2,1H3,(H,26,28). The summed E-state index contributed by atoms with van der Waals surface area (Å²) in [6.45, 7) is 2.02. The van der Waals surface area contributed by atoms with Crippen molar-refractivity contribution in [2.24, 2.45) is 0 Å². The Labute approximate surface area is 160 Å². The van der Waals surface area contributed by atoms with E-state index in [1.165, 1.54) is 24.3 Å². The van der Waals surface area contributed by atoms with Crippen LogP contribution < -0.4 is 10.7 Å². The smallest absolute Gasteiger partial charge is 0.253 e. The van der Waals surface area contributed by atoms with Crippen molar-refractivity contribution in [3.63, 3.8) is 0 Å². The zero-order valence-corrected chi connectivity index (χ0v) is 15.0. The van der Waals surface area contributed by atoms with Crippen LogP contribution in [-0.4, -0.2) is 23.5 Å². The second kappa shape index (κ2) is 7.16. The number of carbonyl (C=O) groups is 1. The summed E-state index contributed by atoms with van der Waals surface area (Å²) in [5, 5.41) is 4.52. The molecule has 144 valence electrons. The molecule has 2 atom stereocenters. The predicted octanol–water partition coefficient (Wildman–Crippen LogP) is 3.78. The van der Waals surface area contributed by atoms with Crippen LogP contribution in [-0.2, 0) is 4.79 Å². The number of hydrogen-bond donors (Lipinski definition) is 2. The van der Waals surface area contributed by atoms with Crippen molar-refractivity contribution >= 4 is 11.6 Å². The number of allylic oxidation sites excluding steroid dienone is 2. The van der Waals surface area contributed by atoms with Crippen LogP contribution in [0.25, 0.3) is 0 Å². The van der Waals surface area contributed by atoms with Crippen LogP contribution in [0.3, 0.4) is 0 Å². The summed E-state index contributed by atoms with van der Waals surface area (Å²) in [6, 6.07) is 7.35. The fraction of sp³-hybridized carbons (Fsp3) is 0.190. The lowest BCUT2D eigenvalue weighted by Gasteiger charge is -2.30. The average Bonchev–Trinajstić information content (AvgIpc) is 3.09. The Balaban J connectivity index is 1.62. The van der Waals surface area contributed by atoms with E-state index in [9.17, 15) is 18.0 Å². The molecule has 0 radical (unpaired) electrons. The van der Waals surface area contributed by atoms with Crippen molar-refractivity contribution < 1.29 is 18.0 Å². The van der Waals surface area contributed by atoms with Gasteiger partial charge in [0.05, 0.1) is 6.04 Å². The van der Waals surface area contributed by atoms with E-state index >= 15 is 0 Å². The Kier molecular flexibility index (Phi) is 4.68. The summed E-state index contributed by atoms with van der Waals surface area (Å²) < 4.78 is 41.1.